The highest BCUT2D eigenvalue weighted by atomic mass is 127. The minimum absolute atomic E-state index is 0. The number of rotatable bonds is 9. The normalized spacial score (nSPS) is 12.3. The molecule has 0 radical (unpaired) electrons. The SMILES string of the molecule is CCNC(=NCC(C)(C)S(C)(=O)=O)NCCCOc1ccc2ccccc2c1.I. The number of sulfone groups is 1. The summed E-state index contributed by atoms with van der Waals surface area (Å²) in [5.74, 6) is 1.47. The van der Waals surface area contributed by atoms with Gasteiger partial charge in [0.15, 0.2) is 15.8 Å². The molecule has 0 aromatic heterocycles. The molecule has 0 aliphatic carbocycles. The molecule has 2 rings (SSSR count). The van der Waals surface area contributed by atoms with E-state index in [0.29, 0.717) is 25.7 Å². The van der Waals surface area contributed by atoms with Crippen molar-refractivity contribution in [3.63, 3.8) is 0 Å². The molecule has 0 unspecified atom stereocenters. The molecule has 8 heteroatoms. The van der Waals surface area contributed by atoms with Crippen molar-refractivity contribution in [2.45, 2.75) is 31.9 Å². The molecule has 0 saturated carbocycles. The Kier molecular flexibility index (Phi) is 10.2. The zero-order chi connectivity index (χ0) is 20.6. The fourth-order valence-electron chi connectivity index (χ4n) is 2.45. The summed E-state index contributed by atoms with van der Waals surface area (Å²) in [6, 6.07) is 14.3. The van der Waals surface area contributed by atoms with Crippen LogP contribution in [-0.4, -0.2) is 51.6 Å². The molecular formula is C21H32IN3O3S. The smallest absolute Gasteiger partial charge is 0.191 e. The van der Waals surface area contributed by atoms with Crippen LogP contribution in [-0.2, 0) is 9.84 Å². The van der Waals surface area contributed by atoms with E-state index in [1.54, 1.807) is 13.8 Å². The van der Waals surface area contributed by atoms with Gasteiger partial charge in [-0.1, -0.05) is 30.3 Å². The molecule has 0 saturated heterocycles. The third-order valence-electron chi connectivity index (χ3n) is 4.57. The highest BCUT2D eigenvalue weighted by molar-refractivity contribution is 14.0. The maximum Gasteiger partial charge on any atom is 0.191 e. The second-order valence-electron chi connectivity index (χ2n) is 7.36. The van der Waals surface area contributed by atoms with Gasteiger partial charge in [0.2, 0.25) is 0 Å². The summed E-state index contributed by atoms with van der Waals surface area (Å²) in [4.78, 5) is 4.42. The fraction of sp³-hybridized carbons (Fsp3) is 0.476. The largest absolute Gasteiger partial charge is 0.494 e. The number of hydrogen-bond donors (Lipinski definition) is 2. The zero-order valence-corrected chi connectivity index (χ0v) is 20.7. The first-order valence-corrected chi connectivity index (χ1v) is 11.5. The van der Waals surface area contributed by atoms with Crippen LogP contribution in [0.4, 0.5) is 0 Å². The Labute approximate surface area is 191 Å². The number of ether oxygens (including phenoxy) is 1. The molecule has 29 heavy (non-hydrogen) atoms. The lowest BCUT2D eigenvalue weighted by molar-refractivity contribution is 0.311. The molecule has 162 valence electrons. The number of fused-ring (bicyclic) bond motifs is 1. The molecule has 2 N–H and O–H groups in total. The average molecular weight is 533 g/mol. The third kappa shape index (κ3) is 8.00. The van der Waals surface area contributed by atoms with Gasteiger partial charge in [0.05, 0.1) is 17.9 Å². The standard InChI is InChI=1S/C21H31N3O3S.HI/c1-5-22-20(24-16-21(2,3)28(4,25)26)23-13-8-14-27-19-12-11-17-9-6-7-10-18(17)15-19;/h6-7,9-12,15H,5,8,13-14,16H2,1-4H3,(H2,22,23,24);1H. The van der Waals surface area contributed by atoms with Crippen LogP contribution in [0.1, 0.15) is 27.2 Å². The highest BCUT2D eigenvalue weighted by Gasteiger charge is 2.29. The number of hydrogen-bond acceptors (Lipinski definition) is 4. The van der Waals surface area contributed by atoms with Gasteiger partial charge in [0.25, 0.3) is 0 Å². The second kappa shape index (κ2) is 11.6. The first-order chi connectivity index (χ1) is 13.2. The second-order valence-corrected chi connectivity index (χ2v) is 10.0. The lowest BCUT2D eigenvalue weighted by atomic mass is 10.1. The topological polar surface area (TPSA) is 79.8 Å². The van der Waals surface area contributed by atoms with E-state index in [1.807, 2.05) is 31.2 Å². The molecule has 2 aromatic rings. The Hall–Kier alpha value is -1.55. The Bertz CT molecular complexity index is 914. The monoisotopic (exact) mass is 533 g/mol. The lowest BCUT2D eigenvalue weighted by Crippen LogP contribution is -2.41. The van der Waals surface area contributed by atoms with E-state index < -0.39 is 14.6 Å². The lowest BCUT2D eigenvalue weighted by Gasteiger charge is -2.21. The molecule has 0 atom stereocenters. The Morgan fingerprint density at radius 2 is 1.79 bits per heavy atom. The van der Waals surface area contributed by atoms with Gasteiger partial charge in [0, 0.05) is 19.3 Å². The van der Waals surface area contributed by atoms with Crippen molar-refractivity contribution in [2.75, 3.05) is 32.5 Å². The van der Waals surface area contributed by atoms with Crippen LogP contribution in [0.5, 0.6) is 5.75 Å². The molecule has 0 heterocycles. The molecule has 0 spiro atoms. The van der Waals surface area contributed by atoms with E-state index in [9.17, 15) is 8.42 Å². The van der Waals surface area contributed by atoms with Crippen LogP contribution < -0.4 is 15.4 Å². The molecule has 0 bridgehead atoms. The van der Waals surface area contributed by atoms with Crippen molar-refractivity contribution in [3.8, 4) is 5.75 Å². The van der Waals surface area contributed by atoms with Crippen LogP contribution >= 0.6 is 24.0 Å². The molecule has 0 amide bonds. The van der Waals surface area contributed by atoms with E-state index in [4.69, 9.17) is 4.74 Å². The number of benzene rings is 2. The van der Waals surface area contributed by atoms with Crippen molar-refractivity contribution in [3.05, 3.63) is 42.5 Å². The number of halogens is 1. The van der Waals surface area contributed by atoms with E-state index in [2.05, 4.69) is 33.8 Å². The van der Waals surface area contributed by atoms with Gasteiger partial charge in [-0.15, -0.1) is 24.0 Å². The van der Waals surface area contributed by atoms with Crippen molar-refractivity contribution >= 4 is 50.5 Å². The van der Waals surface area contributed by atoms with Crippen molar-refractivity contribution in [1.82, 2.24) is 10.6 Å². The van der Waals surface area contributed by atoms with Gasteiger partial charge in [0.1, 0.15) is 5.75 Å². The first-order valence-electron chi connectivity index (χ1n) is 9.56. The maximum absolute atomic E-state index is 11.8. The molecule has 6 nitrogen and oxygen atoms in total. The van der Waals surface area contributed by atoms with Gasteiger partial charge in [-0.3, -0.25) is 4.99 Å². The maximum atomic E-state index is 11.8. The third-order valence-corrected chi connectivity index (χ3v) is 6.71. The van der Waals surface area contributed by atoms with Gasteiger partial charge in [-0.2, -0.15) is 0 Å². The summed E-state index contributed by atoms with van der Waals surface area (Å²) in [5, 5.41) is 8.72. The molecule has 0 aliphatic rings. The molecule has 0 aliphatic heterocycles. The number of nitrogens with zero attached hydrogens (tertiary/aromatic N) is 1. The minimum Gasteiger partial charge on any atom is -0.494 e. The van der Waals surface area contributed by atoms with E-state index in [-0.39, 0.29) is 30.5 Å². The van der Waals surface area contributed by atoms with E-state index in [1.165, 1.54) is 11.6 Å². The number of aliphatic imine (C=N–C) groups is 1. The van der Waals surface area contributed by atoms with Gasteiger partial charge in [-0.05, 0) is 50.1 Å². The summed E-state index contributed by atoms with van der Waals surface area (Å²) >= 11 is 0. The molecule has 2 aromatic carbocycles. The zero-order valence-electron chi connectivity index (χ0n) is 17.6. The summed E-state index contributed by atoms with van der Waals surface area (Å²) in [6.07, 6.45) is 2.04. The van der Waals surface area contributed by atoms with Gasteiger partial charge in [-0.25, -0.2) is 8.42 Å². The van der Waals surface area contributed by atoms with Crippen LogP contribution in [0, 0.1) is 0 Å². The number of nitrogens with one attached hydrogen (secondary N) is 2. The summed E-state index contributed by atoms with van der Waals surface area (Å²) in [6.45, 7) is 7.52. The fourth-order valence-corrected chi connectivity index (χ4v) is 2.75. The summed E-state index contributed by atoms with van der Waals surface area (Å²) in [7, 11) is -3.17. The van der Waals surface area contributed by atoms with Crippen molar-refractivity contribution in [2.24, 2.45) is 4.99 Å². The van der Waals surface area contributed by atoms with Crippen molar-refractivity contribution < 1.29 is 13.2 Å². The highest BCUT2D eigenvalue weighted by Crippen LogP contribution is 2.20. The van der Waals surface area contributed by atoms with Gasteiger partial charge >= 0.3 is 0 Å². The Morgan fingerprint density at radius 3 is 2.45 bits per heavy atom. The van der Waals surface area contributed by atoms with E-state index >= 15 is 0 Å². The summed E-state index contributed by atoms with van der Waals surface area (Å²) < 4.78 is 28.6. The molecule has 0 fully saturated rings. The average Bonchev–Trinajstić information content (AvgIpc) is 2.64. The van der Waals surface area contributed by atoms with Crippen LogP contribution in [0.3, 0.4) is 0 Å². The Morgan fingerprint density at radius 1 is 1.10 bits per heavy atom. The predicted molar refractivity (Wildman–Crippen MR) is 132 cm³/mol. The van der Waals surface area contributed by atoms with Crippen LogP contribution in [0.25, 0.3) is 10.8 Å². The van der Waals surface area contributed by atoms with Crippen LogP contribution in [0.2, 0.25) is 0 Å². The molecular weight excluding hydrogens is 501 g/mol. The van der Waals surface area contributed by atoms with E-state index in [0.717, 1.165) is 17.6 Å². The van der Waals surface area contributed by atoms with Crippen molar-refractivity contribution in [1.29, 1.82) is 0 Å². The minimum atomic E-state index is -3.17. The number of guanidine groups is 1. The van der Waals surface area contributed by atoms with Gasteiger partial charge < -0.3 is 15.4 Å². The first kappa shape index (κ1) is 25.5. The predicted octanol–water partition coefficient (Wildman–Crippen LogP) is 3.61. The quantitative estimate of drug-likeness (QED) is 0.223. The Balaban J connectivity index is 0.00000420. The summed E-state index contributed by atoms with van der Waals surface area (Å²) in [5.41, 5.74) is 0. The van der Waals surface area contributed by atoms with Crippen LogP contribution in [0.15, 0.2) is 47.5 Å².